The summed E-state index contributed by atoms with van der Waals surface area (Å²) in [6.45, 7) is 6.12. The van der Waals surface area contributed by atoms with Crippen LogP contribution in [-0.2, 0) is 13.1 Å². The number of rotatable bonds is 6. The Kier molecular flexibility index (Phi) is 9.01. The second-order valence-corrected chi connectivity index (χ2v) is 6.95. The molecule has 7 heteroatoms. The van der Waals surface area contributed by atoms with E-state index in [4.69, 9.17) is 10.5 Å². The van der Waals surface area contributed by atoms with Crippen molar-refractivity contribution < 1.29 is 4.74 Å². The molecule has 0 unspecified atom stereocenters. The summed E-state index contributed by atoms with van der Waals surface area (Å²) in [6, 6.07) is 16.3. The van der Waals surface area contributed by atoms with Gasteiger partial charge in [-0.15, -0.1) is 24.0 Å². The Labute approximate surface area is 184 Å². The summed E-state index contributed by atoms with van der Waals surface area (Å²) >= 11 is 0. The Morgan fingerprint density at radius 3 is 2.43 bits per heavy atom. The van der Waals surface area contributed by atoms with Crippen LogP contribution in [0, 0.1) is 0 Å². The molecule has 152 valence electrons. The lowest BCUT2D eigenvalue weighted by molar-refractivity contribution is 0.148. The Bertz CT molecular complexity index is 758. The van der Waals surface area contributed by atoms with Gasteiger partial charge in [-0.25, -0.2) is 4.99 Å². The number of hydrogen-bond donors (Lipinski definition) is 2. The van der Waals surface area contributed by atoms with Crippen molar-refractivity contribution in [3.8, 4) is 5.75 Å². The van der Waals surface area contributed by atoms with Gasteiger partial charge in [0, 0.05) is 44.5 Å². The van der Waals surface area contributed by atoms with Crippen molar-refractivity contribution in [2.45, 2.75) is 13.1 Å². The number of piperazine rings is 1. The minimum absolute atomic E-state index is 0. The SMILES string of the molecule is COc1cccc(NC(N)=NCc2ccc(CN3CCN(C)CC3)cc2)c1.I. The summed E-state index contributed by atoms with van der Waals surface area (Å²) in [5.41, 5.74) is 9.34. The zero-order valence-corrected chi connectivity index (χ0v) is 18.9. The number of nitrogens with two attached hydrogens (primary N) is 1. The molecule has 0 atom stereocenters. The molecule has 1 aliphatic heterocycles. The molecule has 1 aliphatic rings. The summed E-state index contributed by atoms with van der Waals surface area (Å²) in [6.07, 6.45) is 0. The highest BCUT2D eigenvalue weighted by Gasteiger charge is 2.13. The van der Waals surface area contributed by atoms with Crippen molar-refractivity contribution in [3.05, 3.63) is 59.7 Å². The molecule has 1 heterocycles. The topological polar surface area (TPSA) is 66.1 Å². The van der Waals surface area contributed by atoms with Gasteiger partial charge in [0.05, 0.1) is 13.7 Å². The zero-order chi connectivity index (χ0) is 19.1. The van der Waals surface area contributed by atoms with Gasteiger partial charge in [-0.3, -0.25) is 4.90 Å². The van der Waals surface area contributed by atoms with Crippen LogP contribution in [0.5, 0.6) is 5.75 Å². The molecule has 0 aromatic heterocycles. The van der Waals surface area contributed by atoms with Gasteiger partial charge in [-0.2, -0.15) is 0 Å². The molecule has 1 saturated heterocycles. The minimum Gasteiger partial charge on any atom is -0.497 e. The van der Waals surface area contributed by atoms with Crippen molar-refractivity contribution in [1.29, 1.82) is 0 Å². The molecule has 6 nitrogen and oxygen atoms in total. The van der Waals surface area contributed by atoms with Crippen LogP contribution in [0.1, 0.15) is 11.1 Å². The molecule has 2 aromatic rings. The van der Waals surface area contributed by atoms with Crippen molar-refractivity contribution >= 4 is 35.6 Å². The van der Waals surface area contributed by atoms with E-state index < -0.39 is 0 Å². The van der Waals surface area contributed by atoms with Gasteiger partial charge in [0.25, 0.3) is 0 Å². The molecule has 0 bridgehead atoms. The summed E-state index contributed by atoms with van der Waals surface area (Å²) < 4.78 is 5.21. The third-order valence-corrected chi connectivity index (χ3v) is 4.80. The minimum atomic E-state index is 0. The van der Waals surface area contributed by atoms with E-state index in [1.807, 2.05) is 24.3 Å². The first-order valence-corrected chi connectivity index (χ1v) is 9.32. The van der Waals surface area contributed by atoms with Crippen LogP contribution in [0.2, 0.25) is 0 Å². The van der Waals surface area contributed by atoms with Crippen LogP contribution in [0.25, 0.3) is 0 Å². The Morgan fingerprint density at radius 1 is 1.07 bits per heavy atom. The largest absolute Gasteiger partial charge is 0.497 e. The van der Waals surface area contributed by atoms with Crippen LogP contribution in [0.4, 0.5) is 5.69 Å². The van der Waals surface area contributed by atoms with Crippen LogP contribution >= 0.6 is 24.0 Å². The van der Waals surface area contributed by atoms with Gasteiger partial charge < -0.3 is 20.7 Å². The predicted molar refractivity (Wildman–Crippen MR) is 127 cm³/mol. The number of guanidine groups is 1. The third-order valence-electron chi connectivity index (χ3n) is 4.80. The number of methoxy groups -OCH3 is 1. The lowest BCUT2D eigenvalue weighted by Gasteiger charge is -2.32. The van der Waals surface area contributed by atoms with E-state index in [0.717, 1.165) is 49.7 Å². The van der Waals surface area contributed by atoms with Gasteiger partial charge in [-0.05, 0) is 30.3 Å². The number of ether oxygens (including phenoxy) is 1. The maximum atomic E-state index is 6.00. The van der Waals surface area contributed by atoms with Crippen LogP contribution in [0.3, 0.4) is 0 Å². The Morgan fingerprint density at radius 2 is 1.75 bits per heavy atom. The maximum absolute atomic E-state index is 6.00. The summed E-state index contributed by atoms with van der Waals surface area (Å²) in [5.74, 6) is 1.17. The summed E-state index contributed by atoms with van der Waals surface area (Å²) in [7, 11) is 3.82. The first kappa shape index (κ1) is 22.4. The quantitative estimate of drug-likeness (QED) is 0.367. The summed E-state index contributed by atoms with van der Waals surface area (Å²) in [5, 5.41) is 3.09. The average molecular weight is 495 g/mol. The molecule has 0 amide bonds. The van der Waals surface area contributed by atoms with Crippen molar-refractivity contribution in [3.63, 3.8) is 0 Å². The van der Waals surface area contributed by atoms with E-state index in [0.29, 0.717) is 12.5 Å². The molecule has 2 aromatic carbocycles. The van der Waals surface area contributed by atoms with Gasteiger partial charge >= 0.3 is 0 Å². The second-order valence-electron chi connectivity index (χ2n) is 6.95. The van der Waals surface area contributed by atoms with E-state index in [1.165, 1.54) is 5.56 Å². The fourth-order valence-corrected chi connectivity index (χ4v) is 3.08. The molecule has 0 aliphatic carbocycles. The maximum Gasteiger partial charge on any atom is 0.193 e. The fourth-order valence-electron chi connectivity index (χ4n) is 3.08. The highest BCUT2D eigenvalue weighted by Crippen LogP contribution is 2.16. The van der Waals surface area contributed by atoms with Gasteiger partial charge in [0.2, 0.25) is 0 Å². The number of benzene rings is 2. The monoisotopic (exact) mass is 495 g/mol. The van der Waals surface area contributed by atoms with Crippen LogP contribution < -0.4 is 15.8 Å². The number of halogens is 1. The van der Waals surface area contributed by atoms with Crippen molar-refractivity contribution in [1.82, 2.24) is 9.80 Å². The number of likely N-dealkylation sites (N-methyl/N-ethyl adjacent to an activating group) is 1. The molecule has 0 saturated carbocycles. The first-order chi connectivity index (χ1) is 13.1. The molecular weight excluding hydrogens is 465 g/mol. The van der Waals surface area contributed by atoms with Gasteiger partial charge in [-0.1, -0.05) is 30.3 Å². The molecule has 1 fully saturated rings. The molecule has 0 spiro atoms. The number of aliphatic imine (C=N–C) groups is 1. The normalized spacial score (nSPS) is 15.7. The number of nitrogens with zero attached hydrogens (tertiary/aromatic N) is 3. The Hall–Kier alpha value is -1.84. The van der Waals surface area contributed by atoms with E-state index >= 15 is 0 Å². The number of hydrogen-bond acceptors (Lipinski definition) is 4. The molecule has 0 radical (unpaired) electrons. The van der Waals surface area contributed by atoms with Gasteiger partial charge in [0.15, 0.2) is 5.96 Å². The lowest BCUT2D eigenvalue weighted by atomic mass is 10.1. The van der Waals surface area contributed by atoms with Crippen LogP contribution in [-0.4, -0.2) is 56.1 Å². The van der Waals surface area contributed by atoms with E-state index in [2.05, 4.69) is 51.4 Å². The smallest absolute Gasteiger partial charge is 0.193 e. The van der Waals surface area contributed by atoms with Crippen molar-refractivity contribution in [2.24, 2.45) is 10.7 Å². The van der Waals surface area contributed by atoms with E-state index in [1.54, 1.807) is 7.11 Å². The van der Waals surface area contributed by atoms with E-state index in [9.17, 15) is 0 Å². The third kappa shape index (κ3) is 6.96. The zero-order valence-electron chi connectivity index (χ0n) is 16.6. The number of nitrogens with one attached hydrogen (secondary N) is 1. The van der Waals surface area contributed by atoms with Crippen molar-refractivity contribution in [2.75, 3.05) is 45.7 Å². The number of anilines is 1. The fraction of sp³-hybridized carbons (Fsp3) is 0.381. The standard InChI is InChI=1S/C21H29N5O.HI/c1-25-10-12-26(13-11-25)16-18-8-6-17(7-9-18)15-23-21(22)24-19-4-3-5-20(14-19)27-2;/h3-9,14H,10-13,15-16H2,1-2H3,(H3,22,23,24);1H. The first-order valence-electron chi connectivity index (χ1n) is 9.32. The Balaban J connectivity index is 0.00000280. The van der Waals surface area contributed by atoms with E-state index in [-0.39, 0.29) is 24.0 Å². The highest BCUT2D eigenvalue weighted by molar-refractivity contribution is 14.0. The average Bonchev–Trinajstić information content (AvgIpc) is 2.69. The molecule has 3 rings (SSSR count). The molecule has 28 heavy (non-hydrogen) atoms. The summed E-state index contributed by atoms with van der Waals surface area (Å²) in [4.78, 5) is 9.31. The lowest BCUT2D eigenvalue weighted by Crippen LogP contribution is -2.43. The predicted octanol–water partition coefficient (Wildman–Crippen LogP) is 2.99. The highest BCUT2D eigenvalue weighted by atomic mass is 127. The second kappa shape index (κ2) is 11.2. The molecule has 3 N–H and O–H groups in total. The van der Waals surface area contributed by atoms with Gasteiger partial charge in [0.1, 0.15) is 5.75 Å². The van der Waals surface area contributed by atoms with Crippen LogP contribution in [0.15, 0.2) is 53.5 Å². The molecular formula is C21H30IN5O.